The third kappa shape index (κ3) is 3.12. The van der Waals surface area contributed by atoms with Crippen LogP contribution in [0.4, 0.5) is 0 Å². The van der Waals surface area contributed by atoms with Crippen LogP contribution in [0.15, 0.2) is 18.2 Å². The summed E-state index contributed by atoms with van der Waals surface area (Å²) in [5.41, 5.74) is 0.642. The van der Waals surface area contributed by atoms with Crippen LogP contribution in [0, 0.1) is 0 Å². The Morgan fingerprint density at radius 1 is 1.62 bits per heavy atom. The summed E-state index contributed by atoms with van der Waals surface area (Å²) < 4.78 is 4.56. The van der Waals surface area contributed by atoms with Crippen molar-refractivity contribution in [3.63, 3.8) is 0 Å². The number of nitrogens with one attached hydrogen (secondary N) is 1. The number of carbonyl (C=O) groups is 1. The summed E-state index contributed by atoms with van der Waals surface area (Å²) in [4.78, 5) is 11.1. The molecule has 0 aliphatic heterocycles. The first-order chi connectivity index (χ1) is 7.56. The Kier molecular flexibility index (Phi) is 4.58. The molecule has 1 aromatic carbocycles. The number of hydrogen-bond donors (Lipinski definition) is 2. The summed E-state index contributed by atoms with van der Waals surface area (Å²) >= 11 is 5.75. The number of phenols is 1. The summed E-state index contributed by atoms with van der Waals surface area (Å²) in [7, 11) is 1.33. The molecule has 0 heterocycles. The van der Waals surface area contributed by atoms with Gasteiger partial charge in [0.1, 0.15) is 11.8 Å². The maximum Gasteiger partial charge on any atom is 0.322 e. The van der Waals surface area contributed by atoms with Crippen LogP contribution in [0.2, 0.25) is 5.02 Å². The molecule has 2 N–H and O–H groups in total. The van der Waals surface area contributed by atoms with Gasteiger partial charge in [0.15, 0.2) is 0 Å². The molecule has 0 bridgehead atoms. The van der Waals surface area contributed by atoms with Crippen LogP contribution in [0.1, 0.15) is 12.5 Å². The molecule has 0 aliphatic carbocycles. The molecular formula is C11H14ClNO3. The summed E-state index contributed by atoms with van der Waals surface area (Å²) in [6.07, 6.45) is 0. The number of aromatic hydroxyl groups is 1. The van der Waals surface area contributed by atoms with E-state index in [1.807, 2.05) is 0 Å². The van der Waals surface area contributed by atoms with Gasteiger partial charge in [0.2, 0.25) is 0 Å². The molecule has 0 saturated carbocycles. The van der Waals surface area contributed by atoms with Crippen LogP contribution in [-0.2, 0) is 16.1 Å². The first kappa shape index (κ1) is 12.8. The average Bonchev–Trinajstić information content (AvgIpc) is 2.29. The van der Waals surface area contributed by atoms with Crippen LogP contribution in [0.5, 0.6) is 5.75 Å². The number of benzene rings is 1. The Balaban J connectivity index is 2.61. The number of esters is 1. The number of para-hydroxylation sites is 1. The Bertz CT molecular complexity index is 381. The molecule has 88 valence electrons. The highest BCUT2D eigenvalue weighted by atomic mass is 35.5. The van der Waals surface area contributed by atoms with E-state index < -0.39 is 6.04 Å². The lowest BCUT2D eigenvalue weighted by molar-refractivity contribution is -0.142. The van der Waals surface area contributed by atoms with Crippen molar-refractivity contribution >= 4 is 17.6 Å². The largest absolute Gasteiger partial charge is 0.506 e. The van der Waals surface area contributed by atoms with Crippen molar-refractivity contribution in [1.29, 1.82) is 0 Å². The Hall–Kier alpha value is -1.26. The van der Waals surface area contributed by atoms with Crippen molar-refractivity contribution in [3.8, 4) is 5.75 Å². The highest BCUT2D eigenvalue weighted by Crippen LogP contribution is 2.26. The first-order valence-corrected chi connectivity index (χ1v) is 5.21. The molecule has 0 radical (unpaired) electrons. The fourth-order valence-electron chi connectivity index (χ4n) is 1.23. The second kappa shape index (κ2) is 5.72. The molecule has 1 unspecified atom stereocenters. The van der Waals surface area contributed by atoms with Crippen LogP contribution in [0.3, 0.4) is 0 Å². The van der Waals surface area contributed by atoms with Gasteiger partial charge in [0.05, 0.1) is 12.1 Å². The first-order valence-electron chi connectivity index (χ1n) is 4.83. The average molecular weight is 244 g/mol. The van der Waals surface area contributed by atoms with Crippen molar-refractivity contribution in [2.45, 2.75) is 19.5 Å². The van der Waals surface area contributed by atoms with Gasteiger partial charge in [0.25, 0.3) is 0 Å². The van der Waals surface area contributed by atoms with Crippen LogP contribution in [0.25, 0.3) is 0 Å². The van der Waals surface area contributed by atoms with E-state index in [1.165, 1.54) is 7.11 Å². The normalized spacial score (nSPS) is 12.2. The monoisotopic (exact) mass is 243 g/mol. The van der Waals surface area contributed by atoms with E-state index in [-0.39, 0.29) is 11.7 Å². The number of ether oxygens (including phenoxy) is 1. The van der Waals surface area contributed by atoms with E-state index in [0.29, 0.717) is 17.1 Å². The molecule has 1 atom stereocenters. The van der Waals surface area contributed by atoms with Crippen LogP contribution in [-0.4, -0.2) is 24.2 Å². The van der Waals surface area contributed by atoms with Gasteiger partial charge in [-0.05, 0) is 13.0 Å². The highest BCUT2D eigenvalue weighted by molar-refractivity contribution is 6.32. The quantitative estimate of drug-likeness (QED) is 0.791. The minimum Gasteiger partial charge on any atom is -0.506 e. The molecule has 0 saturated heterocycles. The van der Waals surface area contributed by atoms with Gasteiger partial charge >= 0.3 is 5.97 Å². The number of hydrogen-bond acceptors (Lipinski definition) is 4. The highest BCUT2D eigenvalue weighted by Gasteiger charge is 2.13. The predicted molar refractivity (Wildman–Crippen MR) is 61.4 cm³/mol. The van der Waals surface area contributed by atoms with Gasteiger partial charge in [0, 0.05) is 12.1 Å². The van der Waals surface area contributed by atoms with Crippen LogP contribution >= 0.6 is 11.6 Å². The fraction of sp³-hybridized carbons (Fsp3) is 0.364. The van der Waals surface area contributed by atoms with Gasteiger partial charge in [-0.25, -0.2) is 0 Å². The van der Waals surface area contributed by atoms with E-state index >= 15 is 0 Å². The van der Waals surface area contributed by atoms with Crippen molar-refractivity contribution in [2.24, 2.45) is 0 Å². The molecule has 0 aliphatic rings. The topological polar surface area (TPSA) is 58.6 Å². The molecule has 1 rings (SSSR count). The van der Waals surface area contributed by atoms with Crippen molar-refractivity contribution < 1.29 is 14.6 Å². The van der Waals surface area contributed by atoms with Crippen molar-refractivity contribution in [1.82, 2.24) is 5.32 Å². The maximum atomic E-state index is 11.1. The molecule has 0 aromatic heterocycles. The van der Waals surface area contributed by atoms with E-state index in [0.717, 1.165) is 0 Å². The third-order valence-corrected chi connectivity index (χ3v) is 2.53. The summed E-state index contributed by atoms with van der Waals surface area (Å²) in [5.74, 6) is -0.310. The zero-order valence-electron chi connectivity index (χ0n) is 9.16. The van der Waals surface area contributed by atoms with Crippen molar-refractivity contribution in [2.75, 3.05) is 7.11 Å². The van der Waals surface area contributed by atoms with Crippen molar-refractivity contribution in [3.05, 3.63) is 28.8 Å². The summed E-state index contributed by atoms with van der Waals surface area (Å²) in [6.45, 7) is 2.04. The number of halogens is 1. The Morgan fingerprint density at radius 3 is 2.94 bits per heavy atom. The molecule has 1 aromatic rings. The minimum atomic E-state index is -0.427. The standard InChI is InChI=1S/C11H14ClNO3/c1-7(11(15)16-2)13-6-8-4-3-5-9(12)10(8)14/h3-5,7,13-14H,6H2,1-2H3. The van der Waals surface area contributed by atoms with Gasteiger partial charge in [-0.15, -0.1) is 0 Å². The SMILES string of the molecule is COC(=O)C(C)NCc1cccc(Cl)c1O. The summed E-state index contributed by atoms with van der Waals surface area (Å²) in [5, 5.41) is 12.8. The van der Waals surface area contributed by atoms with Gasteiger partial charge < -0.3 is 15.2 Å². The van der Waals surface area contributed by atoms with E-state index in [9.17, 15) is 9.90 Å². The zero-order valence-corrected chi connectivity index (χ0v) is 9.91. The second-order valence-electron chi connectivity index (χ2n) is 3.37. The zero-order chi connectivity index (χ0) is 12.1. The lowest BCUT2D eigenvalue weighted by Crippen LogP contribution is -2.34. The predicted octanol–water partition coefficient (Wildman–Crippen LogP) is 1.70. The summed E-state index contributed by atoms with van der Waals surface area (Å²) in [6, 6.07) is 4.65. The molecule has 0 spiro atoms. The number of phenolic OH excluding ortho intramolecular Hbond substituents is 1. The number of methoxy groups -OCH3 is 1. The number of carbonyl (C=O) groups excluding carboxylic acids is 1. The molecule has 5 heteroatoms. The number of rotatable bonds is 4. The van der Waals surface area contributed by atoms with Gasteiger partial charge in [-0.1, -0.05) is 23.7 Å². The lowest BCUT2D eigenvalue weighted by Gasteiger charge is -2.12. The molecule has 0 fully saturated rings. The second-order valence-corrected chi connectivity index (χ2v) is 3.78. The van der Waals surface area contributed by atoms with E-state index in [4.69, 9.17) is 11.6 Å². The third-order valence-electron chi connectivity index (χ3n) is 2.22. The smallest absolute Gasteiger partial charge is 0.322 e. The Labute approximate surface area is 99.2 Å². The van der Waals surface area contributed by atoms with Gasteiger partial charge in [-0.3, -0.25) is 4.79 Å². The van der Waals surface area contributed by atoms with E-state index in [1.54, 1.807) is 25.1 Å². The molecule has 4 nitrogen and oxygen atoms in total. The molecule has 16 heavy (non-hydrogen) atoms. The van der Waals surface area contributed by atoms with Crippen LogP contribution < -0.4 is 5.32 Å². The molecule has 0 amide bonds. The fourth-order valence-corrected chi connectivity index (χ4v) is 1.42. The molecular weight excluding hydrogens is 230 g/mol. The minimum absolute atomic E-state index is 0.0359. The van der Waals surface area contributed by atoms with E-state index in [2.05, 4.69) is 10.1 Å². The van der Waals surface area contributed by atoms with Gasteiger partial charge in [-0.2, -0.15) is 0 Å². The Morgan fingerprint density at radius 2 is 2.31 bits per heavy atom. The maximum absolute atomic E-state index is 11.1. The lowest BCUT2D eigenvalue weighted by atomic mass is 10.2.